The Morgan fingerprint density at radius 2 is 1.77 bits per heavy atom. The largest absolute Gasteiger partial charge is 0.494 e. The molecular formula is C20H23NO. The van der Waals surface area contributed by atoms with E-state index < -0.39 is 0 Å². The zero-order valence-corrected chi connectivity index (χ0v) is 13.4. The van der Waals surface area contributed by atoms with E-state index in [0.717, 1.165) is 49.3 Å². The van der Waals surface area contributed by atoms with E-state index in [1.165, 1.54) is 5.56 Å². The summed E-state index contributed by atoms with van der Waals surface area (Å²) < 4.78 is 5.64. The van der Waals surface area contributed by atoms with Gasteiger partial charge in [0.15, 0.2) is 0 Å². The maximum atomic E-state index is 5.64. The molecule has 0 aliphatic rings. The highest BCUT2D eigenvalue weighted by molar-refractivity contribution is 5.42. The van der Waals surface area contributed by atoms with Gasteiger partial charge in [-0.1, -0.05) is 38.7 Å². The topological polar surface area (TPSA) is 22.1 Å². The van der Waals surface area contributed by atoms with E-state index in [0.29, 0.717) is 0 Å². The summed E-state index contributed by atoms with van der Waals surface area (Å²) in [6.07, 6.45) is 6.35. The molecular weight excluding hydrogens is 270 g/mol. The third-order valence-corrected chi connectivity index (χ3v) is 3.32. The molecule has 1 aromatic heterocycles. The van der Waals surface area contributed by atoms with E-state index in [4.69, 9.17) is 4.74 Å². The summed E-state index contributed by atoms with van der Waals surface area (Å²) in [4.78, 5) is 4.38. The average molecular weight is 293 g/mol. The summed E-state index contributed by atoms with van der Waals surface area (Å²) >= 11 is 0. The van der Waals surface area contributed by atoms with Gasteiger partial charge in [-0.25, -0.2) is 4.98 Å². The molecule has 0 aliphatic carbocycles. The van der Waals surface area contributed by atoms with Crippen LogP contribution in [-0.2, 0) is 6.42 Å². The number of hydrogen-bond acceptors (Lipinski definition) is 2. The van der Waals surface area contributed by atoms with E-state index in [1.54, 1.807) is 0 Å². The SMILES string of the molecule is CCCCOc1ccc(C#Cc2ccc(CCC)cn2)cc1. The average Bonchev–Trinajstić information content (AvgIpc) is 2.56. The number of aromatic nitrogens is 1. The number of benzene rings is 1. The van der Waals surface area contributed by atoms with Crippen LogP contribution in [0.1, 0.15) is 49.9 Å². The first-order valence-corrected chi connectivity index (χ1v) is 8.01. The molecule has 22 heavy (non-hydrogen) atoms. The highest BCUT2D eigenvalue weighted by Crippen LogP contribution is 2.12. The van der Waals surface area contributed by atoms with Gasteiger partial charge in [0.05, 0.1) is 6.61 Å². The van der Waals surface area contributed by atoms with Crippen LogP contribution >= 0.6 is 0 Å². The molecule has 2 nitrogen and oxygen atoms in total. The van der Waals surface area contributed by atoms with Crippen LogP contribution in [-0.4, -0.2) is 11.6 Å². The van der Waals surface area contributed by atoms with Gasteiger partial charge in [0.25, 0.3) is 0 Å². The zero-order chi connectivity index (χ0) is 15.6. The van der Waals surface area contributed by atoms with E-state index >= 15 is 0 Å². The number of nitrogens with zero attached hydrogens (tertiary/aromatic N) is 1. The molecule has 2 aromatic rings. The number of hydrogen-bond donors (Lipinski definition) is 0. The Hall–Kier alpha value is -2.27. The predicted octanol–water partition coefficient (Wildman–Crippen LogP) is 4.61. The molecule has 0 bridgehead atoms. The fourth-order valence-corrected chi connectivity index (χ4v) is 2.04. The van der Waals surface area contributed by atoms with Crippen LogP contribution in [0, 0.1) is 11.8 Å². The number of unbranched alkanes of at least 4 members (excludes halogenated alkanes) is 1. The van der Waals surface area contributed by atoms with E-state index in [9.17, 15) is 0 Å². The van der Waals surface area contributed by atoms with Crippen molar-refractivity contribution in [2.24, 2.45) is 0 Å². The third-order valence-electron chi connectivity index (χ3n) is 3.32. The smallest absolute Gasteiger partial charge is 0.119 e. The van der Waals surface area contributed by atoms with Gasteiger partial charge >= 0.3 is 0 Å². The van der Waals surface area contributed by atoms with Gasteiger partial charge < -0.3 is 4.74 Å². The van der Waals surface area contributed by atoms with E-state index in [2.05, 4.69) is 36.7 Å². The van der Waals surface area contributed by atoms with Crippen LogP contribution in [0.3, 0.4) is 0 Å². The van der Waals surface area contributed by atoms with Crippen LogP contribution in [0.4, 0.5) is 0 Å². The molecule has 0 radical (unpaired) electrons. The lowest BCUT2D eigenvalue weighted by Crippen LogP contribution is -1.95. The second kappa shape index (κ2) is 8.89. The van der Waals surface area contributed by atoms with Crippen molar-refractivity contribution in [2.75, 3.05) is 6.61 Å². The lowest BCUT2D eigenvalue weighted by Gasteiger charge is -2.04. The van der Waals surface area contributed by atoms with E-state index in [-0.39, 0.29) is 0 Å². The zero-order valence-electron chi connectivity index (χ0n) is 13.4. The number of rotatable bonds is 6. The maximum absolute atomic E-state index is 5.64. The molecule has 0 unspecified atom stereocenters. The molecule has 0 amide bonds. The highest BCUT2D eigenvalue weighted by Gasteiger charge is 1.95. The molecule has 0 spiro atoms. The van der Waals surface area contributed by atoms with Crippen LogP contribution in [0.25, 0.3) is 0 Å². The van der Waals surface area contributed by atoms with Crippen LogP contribution in [0.15, 0.2) is 42.6 Å². The number of pyridine rings is 1. The van der Waals surface area contributed by atoms with Gasteiger partial charge in [-0.3, -0.25) is 0 Å². The van der Waals surface area contributed by atoms with Gasteiger partial charge in [-0.2, -0.15) is 0 Å². The van der Waals surface area contributed by atoms with Crippen LogP contribution < -0.4 is 4.74 Å². The van der Waals surface area contributed by atoms with Crippen molar-refractivity contribution in [1.29, 1.82) is 0 Å². The minimum absolute atomic E-state index is 0.773. The summed E-state index contributed by atoms with van der Waals surface area (Å²) in [5.74, 6) is 7.14. The lowest BCUT2D eigenvalue weighted by molar-refractivity contribution is 0.309. The van der Waals surface area contributed by atoms with Gasteiger partial charge in [0.2, 0.25) is 0 Å². The molecule has 0 aliphatic heterocycles. The van der Waals surface area contributed by atoms with Gasteiger partial charge in [-0.05, 0) is 54.7 Å². The maximum Gasteiger partial charge on any atom is 0.119 e. The molecule has 0 saturated heterocycles. The molecule has 1 heterocycles. The first kappa shape index (κ1) is 16.1. The minimum atomic E-state index is 0.773. The third kappa shape index (κ3) is 5.26. The van der Waals surface area contributed by atoms with Crippen molar-refractivity contribution in [3.05, 3.63) is 59.4 Å². The second-order valence-corrected chi connectivity index (χ2v) is 5.28. The Labute approximate surface area is 133 Å². The normalized spacial score (nSPS) is 9.91. The first-order chi connectivity index (χ1) is 10.8. The van der Waals surface area contributed by atoms with Gasteiger partial charge in [0, 0.05) is 11.8 Å². The van der Waals surface area contributed by atoms with Crippen LogP contribution in [0.5, 0.6) is 5.75 Å². The molecule has 2 heteroatoms. The fraction of sp³-hybridized carbons (Fsp3) is 0.350. The quantitative estimate of drug-likeness (QED) is 0.573. The van der Waals surface area contributed by atoms with E-state index in [1.807, 2.05) is 36.5 Å². The summed E-state index contributed by atoms with van der Waals surface area (Å²) in [7, 11) is 0. The van der Waals surface area contributed by atoms with Gasteiger partial charge in [0.1, 0.15) is 11.4 Å². The van der Waals surface area contributed by atoms with Crippen molar-refractivity contribution in [1.82, 2.24) is 4.98 Å². The number of ether oxygens (including phenoxy) is 1. The molecule has 2 rings (SSSR count). The summed E-state index contributed by atoms with van der Waals surface area (Å²) in [5.41, 5.74) is 3.05. The van der Waals surface area contributed by atoms with Crippen molar-refractivity contribution < 1.29 is 4.74 Å². The Morgan fingerprint density at radius 3 is 2.41 bits per heavy atom. The molecule has 0 saturated carbocycles. The second-order valence-electron chi connectivity index (χ2n) is 5.28. The fourth-order valence-electron chi connectivity index (χ4n) is 2.04. The molecule has 1 aromatic carbocycles. The Bertz CT molecular complexity index is 617. The number of aryl methyl sites for hydroxylation is 1. The molecule has 0 atom stereocenters. The Kier molecular flexibility index (Phi) is 6.51. The van der Waals surface area contributed by atoms with Crippen LogP contribution in [0.2, 0.25) is 0 Å². The predicted molar refractivity (Wildman–Crippen MR) is 91.1 cm³/mol. The summed E-state index contributed by atoms with van der Waals surface area (Å²) in [6, 6.07) is 12.0. The first-order valence-electron chi connectivity index (χ1n) is 8.01. The Morgan fingerprint density at radius 1 is 0.955 bits per heavy atom. The van der Waals surface area contributed by atoms with Crippen molar-refractivity contribution in [3.63, 3.8) is 0 Å². The summed E-state index contributed by atoms with van der Waals surface area (Å²) in [5, 5.41) is 0. The lowest BCUT2D eigenvalue weighted by atomic mass is 10.1. The molecule has 114 valence electrons. The van der Waals surface area contributed by atoms with Crippen molar-refractivity contribution >= 4 is 0 Å². The monoisotopic (exact) mass is 293 g/mol. The standard InChI is InChI=1S/C20H23NO/c1-3-5-15-22-20-13-9-17(10-14-20)7-11-19-12-8-18(6-4-2)16-21-19/h8-10,12-14,16H,3-6,15H2,1-2H3. The van der Waals surface area contributed by atoms with Crippen molar-refractivity contribution in [2.45, 2.75) is 39.5 Å². The molecule has 0 fully saturated rings. The minimum Gasteiger partial charge on any atom is -0.494 e. The molecule has 0 N–H and O–H groups in total. The summed E-state index contributed by atoms with van der Waals surface area (Å²) in [6.45, 7) is 5.10. The Balaban J connectivity index is 1.96. The van der Waals surface area contributed by atoms with Gasteiger partial charge in [-0.15, -0.1) is 0 Å². The highest BCUT2D eigenvalue weighted by atomic mass is 16.5. The van der Waals surface area contributed by atoms with Crippen molar-refractivity contribution in [3.8, 4) is 17.6 Å².